The minimum atomic E-state index is -1.24. The number of urea groups is 1. The topological polar surface area (TPSA) is 201 Å². The van der Waals surface area contributed by atoms with E-state index in [4.69, 9.17) is 15.9 Å². The highest BCUT2D eigenvalue weighted by molar-refractivity contribution is 6.06. The van der Waals surface area contributed by atoms with Crippen LogP contribution in [0, 0.1) is 10.8 Å². The molecule has 0 aromatic carbocycles. The van der Waals surface area contributed by atoms with E-state index in [2.05, 4.69) is 0 Å². The molecule has 0 atom stereocenters. The molecule has 2 heterocycles. The number of unbranched alkanes of at least 4 members (excludes halogenated alkanes) is 1. The molecule has 2 fully saturated rings. The highest BCUT2D eigenvalue weighted by atomic mass is 16.5. The molecule has 1 aromatic heterocycles. The molecule has 14 nitrogen and oxygen atoms in total. The van der Waals surface area contributed by atoms with Gasteiger partial charge in [0.1, 0.15) is 23.7 Å². The van der Waals surface area contributed by atoms with Crippen LogP contribution in [-0.2, 0) is 20.9 Å². The molecular weight excluding hydrogens is 512 g/mol. The summed E-state index contributed by atoms with van der Waals surface area (Å²) in [5.74, 6) is -2.35. The molecule has 5 N–H and O–H groups in total. The number of carbonyl (C=O) groups is 3. The van der Waals surface area contributed by atoms with Crippen LogP contribution in [0.2, 0.25) is 0 Å². The van der Waals surface area contributed by atoms with E-state index in [0.29, 0.717) is 19.3 Å². The number of nitrogens with two attached hydrogens (primary N) is 1. The van der Waals surface area contributed by atoms with Crippen molar-refractivity contribution in [2.45, 2.75) is 84.3 Å². The third kappa shape index (κ3) is 5.42. The summed E-state index contributed by atoms with van der Waals surface area (Å²) < 4.78 is 7.45. The predicted octanol–water partition coefficient (Wildman–Crippen LogP) is 0.457. The van der Waals surface area contributed by atoms with Crippen LogP contribution in [-0.4, -0.2) is 78.3 Å². The number of amides is 3. The number of nitrogens with one attached hydrogen (secondary N) is 1. The fraction of sp³-hybridized carbons (Fsp3) is 0.680. The number of aliphatic hydroxyl groups is 1. The summed E-state index contributed by atoms with van der Waals surface area (Å²) >= 11 is 0. The largest absolute Gasteiger partial charge is 0.494 e. The Balaban J connectivity index is 1.98. The standard InChI is InChI=1S/C25H38N6O8/c1-5-6-11-28-19(34)17(18(26)27)20(35)31(23(28)38)16-7-9-25(10-8-16,13-39-15(2)33)12-30-22(37)29(14-32)21(36)24(30,3)4/h16,32,34H,5-14H2,1-4H3,(H3,26,27). The zero-order valence-electron chi connectivity index (χ0n) is 22.9. The van der Waals surface area contributed by atoms with E-state index in [1.54, 1.807) is 13.8 Å². The van der Waals surface area contributed by atoms with E-state index < -0.39 is 70.2 Å². The second-order valence-electron chi connectivity index (χ2n) is 10.9. The molecule has 1 aliphatic carbocycles. The molecule has 0 unspecified atom stereocenters. The summed E-state index contributed by atoms with van der Waals surface area (Å²) in [6.07, 6.45) is 2.51. The van der Waals surface area contributed by atoms with E-state index in [9.17, 15) is 34.2 Å². The maximum absolute atomic E-state index is 13.3. The summed E-state index contributed by atoms with van der Waals surface area (Å²) in [6, 6.07) is -1.25. The van der Waals surface area contributed by atoms with Crippen molar-refractivity contribution < 1.29 is 29.3 Å². The molecule has 0 bridgehead atoms. The Kier molecular flexibility index (Phi) is 8.58. The van der Waals surface area contributed by atoms with Crippen LogP contribution in [0.4, 0.5) is 4.79 Å². The first-order valence-electron chi connectivity index (χ1n) is 13.0. The molecule has 1 aliphatic heterocycles. The molecule has 2 aliphatic rings. The Morgan fingerprint density at radius 1 is 1.18 bits per heavy atom. The quantitative estimate of drug-likeness (QED) is 0.138. The zero-order valence-corrected chi connectivity index (χ0v) is 22.9. The van der Waals surface area contributed by atoms with E-state index in [-0.39, 0.29) is 32.5 Å². The van der Waals surface area contributed by atoms with Gasteiger partial charge in [-0.2, -0.15) is 0 Å². The highest BCUT2D eigenvalue weighted by Crippen LogP contribution is 2.43. The summed E-state index contributed by atoms with van der Waals surface area (Å²) in [6.45, 7) is 5.71. The fourth-order valence-corrected chi connectivity index (χ4v) is 5.45. The first-order valence-corrected chi connectivity index (χ1v) is 13.0. The summed E-state index contributed by atoms with van der Waals surface area (Å²) in [5, 5.41) is 27.9. The third-order valence-electron chi connectivity index (χ3n) is 7.86. The molecule has 216 valence electrons. The minimum absolute atomic E-state index is 0.0466. The number of esters is 1. The van der Waals surface area contributed by atoms with Crippen LogP contribution in [0.3, 0.4) is 0 Å². The Morgan fingerprint density at radius 2 is 1.79 bits per heavy atom. The maximum Gasteiger partial charge on any atom is 0.334 e. The van der Waals surface area contributed by atoms with Crippen molar-refractivity contribution in [2.24, 2.45) is 11.1 Å². The molecular formula is C25H38N6O8. The second-order valence-corrected chi connectivity index (χ2v) is 10.9. The molecule has 3 amide bonds. The fourth-order valence-electron chi connectivity index (χ4n) is 5.45. The lowest BCUT2D eigenvalue weighted by Gasteiger charge is -2.44. The van der Waals surface area contributed by atoms with Crippen molar-refractivity contribution in [1.29, 1.82) is 5.41 Å². The van der Waals surface area contributed by atoms with E-state index >= 15 is 0 Å². The number of aliphatic hydroxyl groups excluding tert-OH is 1. The van der Waals surface area contributed by atoms with Gasteiger partial charge in [0.15, 0.2) is 0 Å². The number of nitrogen functional groups attached to an aromatic ring is 1. The maximum atomic E-state index is 13.3. The Bertz CT molecular complexity index is 1270. The number of aromatic nitrogens is 2. The van der Waals surface area contributed by atoms with Gasteiger partial charge in [-0.05, 0) is 46.0 Å². The molecule has 0 radical (unpaired) electrons. The first-order chi connectivity index (χ1) is 18.2. The average Bonchev–Trinajstić information content (AvgIpc) is 3.02. The first kappa shape index (κ1) is 29.9. The number of nitrogens with zero attached hydrogens (tertiary/aromatic N) is 4. The minimum Gasteiger partial charge on any atom is -0.494 e. The van der Waals surface area contributed by atoms with Crippen LogP contribution in [0.25, 0.3) is 0 Å². The average molecular weight is 551 g/mol. The number of amidine groups is 1. The van der Waals surface area contributed by atoms with E-state index in [1.165, 1.54) is 11.8 Å². The normalized spacial score (nSPS) is 22.8. The number of ether oxygens (including phenoxy) is 1. The van der Waals surface area contributed by atoms with Crippen LogP contribution in [0.5, 0.6) is 5.88 Å². The van der Waals surface area contributed by atoms with Gasteiger partial charge in [-0.1, -0.05) is 13.3 Å². The van der Waals surface area contributed by atoms with Gasteiger partial charge in [0.25, 0.3) is 11.5 Å². The van der Waals surface area contributed by atoms with E-state index in [1.807, 2.05) is 6.92 Å². The summed E-state index contributed by atoms with van der Waals surface area (Å²) in [5.41, 5.74) is 1.58. The molecule has 1 aromatic rings. The lowest BCUT2D eigenvalue weighted by Crippen LogP contribution is -2.52. The SMILES string of the molecule is CCCCn1c(O)c(C(=N)N)c(=O)n(C2CCC(COC(C)=O)(CN3C(=O)N(CO)C(=O)C3(C)C)CC2)c1=O. The predicted molar refractivity (Wildman–Crippen MR) is 139 cm³/mol. The molecule has 0 spiro atoms. The lowest BCUT2D eigenvalue weighted by atomic mass is 9.72. The summed E-state index contributed by atoms with van der Waals surface area (Å²) in [4.78, 5) is 66.1. The van der Waals surface area contributed by atoms with Crippen LogP contribution >= 0.6 is 0 Å². The molecule has 1 saturated carbocycles. The number of imide groups is 1. The van der Waals surface area contributed by atoms with Gasteiger partial charge < -0.3 is 25.6 Å². The van der Waals surface area contributed by atoms with Crippen LogP contribution < -0.4 is 17.0 Å². The van der Waals surface area contributed by atoms with Crippen LogP contribution in [0.1, 0.15) is 77.8 Å². The van der Waals surface area contributed by atoms with Crippen molar-refractivity contribution in [2.75, 3.05) is 19.9 Å². The van der Waals surface area contributed by atoms with Gasteiger partial charge in [-0.3, -0.25) is 28.9 Å². The molecule has 3 rings (SSSR count). The lowest BCUT2D eigenvalue weighted by molar-refractivity contribution is -0.147. The van der Waals surface area contributed by atoms with Gasteiger partial charge in [0.05, 0.1) is 6.61 Å². The Hall–Kier alpha value is -3.68. The van der Waals surface area contributed by atoms with Gasteiger partial charge in [0.2, 0.25) is 5.88 Å². The Labute approximate surface area is 225 Å². The number of hydrogen-bond donors (Lipinski definition) is 4. The molecule has 39 heavy (non-hydrogen) atoms. The van der Waals surface area contributed by atoms with Crippen molar-refractivity contribution >= 4 is 23.7 Å². The summed E-state index contributed by atoms with van der Waals surface area (Å²) in [7, 11) is 0. The third-order valence-corrected chi connectivity index (χ3v) is 7.86. The van der Waals surface area contributed by atoms with Crippen molar-refractivity contribution in [3.05, 3.63) is 26.4 Å². The number of carbonyl (C=O) groups excluding carboxylic acids is 3. The Morgan fingerprint density at radius 3 is 2.28 bits per heavy atom. The number of rotatable bonds is 10. The van der Waals surface area contributed by atoms with Gasteiger partial charge in [-0.15, -0.1) is 0 Å². The zero-order chi connectivity index (χ0) is 29.3. The van der Waals surface area contributed by atoms with Crippen molar-refractivity contribution in [3.63, 3.8) is 0 Å². The van der Waals surface area contributed by atoms with Gasteiger partial charge in [-0.25, -0.2) is 14.5 Å². The monoisotopic (exact) mass is 550 g/mol. The van der Waals surface area contributed by atoms with Gasteiger partial charge >= 0.3 is 17.7 Å². The number of aromatic hydroxyl groups is 1. The van der Waals surface area contributed by atoms with Crippen molar-refractivity contribution in [1.82, 2.24) is 18.9 Å². The number of hydrogen-bond acceptors (Lipinski definition) is 9. The second kappa shape index (κ2) is 11.2. The van der Waals surface area contributed by atoms with E-state index in [0.717, 1.165) is 20.5 Å². The molecule has 14 heteroatoms. The van der Waals surface area contributed by atoms with Crippen molar-refractivity contribution in [3.8, 4) is 5.88 Å². The van der Waals surface area contributed by atoms with Crippen LogP contribution in [0.15, 0.2) is 9.59 Å². The highest BCUT2D eigenvalue weighted by Gasteiger charge is 2.54. The molecule has 1 saturated heterocycles. The van der Waals surface area contributed by atoms with Gasteiger partial charge in [0, 0.05) is 31.5 Å². The smallest absolute Gasteiger partial charge is 0.334 e.